The fourth-order valence-electron chi connectivity index (χ4n) is 3.85. The molecular weight excluding hydrogens is 302 g/mol. The van der Waals surface area contributed by atoms with Crippen molar-refractivity contribution in [2.75, 3.05) is 31.3 Å². The van der Waals surface area contributed by atoms with Gasteiger partial charge >= 0.3 is 0 Å². The average molecular weight is 327 g/mol. The molecule has 0 aromatic heterocycles. The molecule has 0 N–H and O–H groups in total. The van der Waals surface area contributed by atoms with Crippen molar-refractivity contribution in [1.29, 1.82) is 0 Å². The zero-order valence-corrected chi connectivity index (χ0v) is 14.1. The van der Waals surface area contributed by atoms with Crippen molar-refractivity contribution in [2.24, 2.45) is 10.5 Å². The predicted molar refractivity (Wildman–Crippen MR) is 93.9 cm³/mol. The van der Waals surface area contributed by atoms with Crippen molar-refractivity contribution in [3.05, 3.63) is 30.3 Å². The molecule has 1 saturated carbocycles. The maximum absolute atomic E-state index is 12.9. The fourth-order valence-corrected chi connectivity index (χ4v) is 3.85. The second-order valence-electron chi connectivity index (χ2n) is 7.04. The molecule has 5 heteroatoms. The number of ether oxygens (including phenoxy) is 1. The first-order chi connectivity index (χ1) is 11.8. The third-order valence-corrected chi connectivity index (χ3v) is 5.50. The van der Waals surface area contributed by atoms with Gasteiger partial charge in [0, 0.05) is 6.54 Å². The number of carbonyl (C=O) groups excluding carboxylic acids is 1. The Kier molecular flexibility index (Phi) is 4.27. The minimum absolute atomic E-state index is 0.0768. The second-order valence-corrected chi connectivity index (χ2v) is 7.04. The van der Waals surface area contributed by atoms with E-state index in [1.165, 1.54) is 24.3 Å². The van der Waals surface area contributed by atoms with Crippen LogP contribution in [-0.4, -0.2) is 42.9 Å². The van der Waals surface area contributed by atoms with Gasteiger partial charge in [-0.1, -0.05) is 31.0 Å². The highest BCUT2D eigenvalue weighted by Gasteiger charge is 2.57. The number of hydrogen-bond donors (Lipinski definition) is 0. The molecule has 128 valence electrons. The van der Waals surface area contributed by atoms with Crippen molar-refractivity contribution >= 4 is 17.5 Å². The molecule has 4 rings (SSSR count). The quantitative estimate of drug-likeness (QED) is 0.854. The van der Waals surface area contributed by atoms with Crippen LogP contribution in [0.15, 0.2) is 35.4 Å². The molecule has 1 spiro atoms. The van der Waals surface area contributed by atoms with Crippen LogP contribution in [0.1, 0.15) is 38.5 Å². The standard InChI is InChI=1S/C19H25N3O2/c23-18-19(10-7-11-19)17(20-22(18)16-8-3-1-4-9-16)24-15-14-21-12-5-2-6-13-21/h1,3-4,8-9H,2,5-7,10-15H2. The number of likely N-dealkylation sites (tertiary alicyclic amines) is 1. The highest BCUT2D eigenvalue weighted by molar-refractivity contribution is 6.17. The molecule has 2 fully saturated rings. The summed E-state index contributed by atoms with van der Waals surface area (Å²) < 4.78 is 6.03. The molecule has 1 saturated heterocycles. The first-order valence-corrected chi connectivity index (χ1v) is 9.13. The Morgan fingerprint density at radius 2 is 1.79 bits per heavy atom. The van der Waals surface area contributed by atoms with Crippen LogP contribution in [0.3, 0.4) is 0 Å². The molecular formula is C19H25N3O2. The van der Waals surface area contributed by atoms with Crippen LogP contribution >= 0.6 is 0 Å². The maximum atomic E-state index is 12.9. The van der Waals surface area contributed by atoms with Crippen LogP contribution < -0.4 is 5.01 Å². The van der Waals surface area contributed by atoms with Gasteiger partial charge in [0.15, 0.2) is 0 Å². The van der Waals surface area contributed by atoms with Gasteiger partial charge in [0.2, 0.25) is 5.90 Å². The number of piperidine rings is 1. The molecule has 24 heavy (non-hydrogen) atoms. The van der Waals surface area contributed by atoms with Gasteiger partial charge in [-0.3, -0.25) is 9.69 Å². The number of anilines is 1. The molecule has 3 aliphatic rings. The summed E-state index contributed by atoms with van der Waals surface area (Å²) in [6.45, 7) is 3.87. The Bertz CT molecular complexity index is 619. The maximum Gasteiger partial charge on any atom is 0.263 e. The summed E-state index contributed by atoms with van der Waals surface area (Å²) in [4.78, 5) is 15.4. The van der Waals surface area contributed by atoms with Gasteiger partial charge in [-0.25, -0.2) is 0 Å². The zero-order valence-electron chi connectivity index (χ0n) is 14.1. The Hall–Kier alpha value is -1.88. The number of hydrazone groups is 1. The van der Waals surface area contributed by atoms with Gasteiger partial charge in [0.1, 0.15) is 12.0 Å². The first kappa shape index (κ1) is 15.6. The highest BCUT2D eigenvalue weighted by Crippen LogP contribution is 2.48. The molecule has 2 heterocycles. The van der Waals surface area contributed by atoms with E-state index in [1.807, 2.05) is 30.3 Å². The molecule has 0 radical (unpaired) electrons. The van der Waals surface area contributed by atoms with E-state index in [0.717, 1.165) is 44.6 Å². The number of para-hydroxylation sites is 1. The second kappa shape index (κ2) is 6.55. The van der Waals surface area contributed by atoms with Gasteiger partial charge in [-0.2, -0.15) is 5.01 Å². The molecule has 1 aliphatic carbocycles. The van der Waals surface area contributed by atoms with Crippen LogP contribution in [-0.2, 0) is 9.53 Å². The molecule has 1 aromatic carbocycles. The lowest BCUT2D eigenvalue weighted by Gasteiger charge is -2.36. The lowest BCUT2D eigenvalue weighted by Crippen LogP contribution is -2.46. The number of benzene rings is 1. The van der Waals surface area contributed by atoms with Crippen LogP contribution in [0.4, 0.5) is 5.69 Å². The topological polar surface area (TPSA) is 45.1 Å². The minimum Gasteiger partial charge on any atom is -0.478 e. The van der Waals surface area contributed by atoms with E-state index in [9.17, 15) is 4.79 Å². The van der Waals surface area contributed by atoms with E-state index in [0.29, 0.717) is 12.5 Å². The van der Waals surface area contributed by atoms with Crippen molar-refractivity contribution < 1.29 is 9.53 Å². The number of amides is 1. The van der Waals surface area contributed by atoms with Crippen molar-refractivity contribution in [3.8, 4) is 0 Å². The lowest BCUT2D eigenvalue weighted by atomic mass is 9.68. The van der Waals surface area contributed by atoms with Gasteiger partial charge in [-0.15, -0.1) is 5.10 Å². The van der Waals surface area contributed by atoms with Crippen molar-refractivity contribution in [3.63, 3.8) is 0 Å². The predicted octanol–water partition coefficient (Wildman–Crippen LogP) is 3.02. The third kappa shape index (κ3) is 2.71. The van der Waals surface area contributed by atoms with Crippen molar-refractivity contribution in [1.82, 2.24) is 4.90 Å². The smallest absolute Gasteiger partial charge is 0.263 e. The summed E-state index contributed by atoms with van der Waals surface area (Å²) in [5, 5.41) is 6.09. The summed E-state index contributed by atoms with van der Waals surface area (Å²) in [7, 11) is 0. The summed E-state index contributed by atoms with van der Waals surface area (Å²) in [6.07, 6.45) is 6.70. The third-order valence-electron chi connectivity index (χ3n) is 5.50. The Balaban J connectivity index is 1.44. The van der Waals surface area contributed by atoms with E-state index in [1.54, 1.807) is 0 Å². The molecule has 0 unspecified atom stereocenters. The Morgan fingerprint density at radius 1 is 1.04 bits per heavy atom. The highest BCUT2D eigenvalue weighted by atomic mass is 16.5. The number of rotatable bonds is 4. The van der Waals surface area contributed by atoms with Gasteiger partial charge in [0.25, 0.3) is 5.91 Å². The minimum atomic E-state index is -0.488. The largest absolute Gasteiger partial charge is 0.478 e. The van der Waals surface area contributed by atoms with Crippen LogP contribution in [0.2, 0.25) is 0 Å². The first-order valence-electron chi connectivity index (χ1n) is 9.13. The van der Waals surface area contributed by atoms with Gasteiger partial charge < -0.3 is 4.74 Å². The molecule has 1 aromatic rings. The SMILES string of the molecule is O=C1N(c2ccccc2)N=C(OCCN2CCCCC2)C12CCC2. The van der Waals surface area contributed by atoms with E-state index < -0.39 is 5.41 Å². The zero-order chi connectivity index (χ0) is 16.4. The van der Waals surface area contributed by atoms with Crippen LogP contribution in [0.25, 0.3) is 0 Å². The normalized spacial score (nSPS) is 23.2. The summed E-state index contributed by atoms with van der Waals surface area (Å²) in [6, 6.07) is 9.65. The van der Waals surface area contributed by atoms with Gasteiger partial charge in [0.05, 0.1) is 5.69 Å². The Morgan fingerprint density at radius 3 is 2.46 bits per heavy atom. The van der Waals surface area contributed by atoms with E-state index in [4.69, 9.17) is 4.74 Å². The van der Waals surface area contributed by atoms with E-state index in [2.05, 4.69) is 10.0 Å². The average Bonchev–Trinajstić information content (AvgIpc) is 2.89. The fraction of sp³-hybridized carbons (Fsp3) is 0.579. The summed E-state index contributed by atoms with van der Waals surface area (Å²) in [5.41, 5.74) is 0.334. The van der Waals surface area contributed by atoms with E-state index in [-0.39, 0.29) is 5.91 Å². The van der Waals surface area contributed by atoms with E-state index >= 15 is 0 Å². The number of hydrogen-bond acceptors (Lipinski definition) is 4. The summed E-state index contributed by atoms with van der Waals surface area (Å²) in [5.74, 6) is 0.715. The lowest BCUT2D eigenvalue weighted by molar-refractivity contribution is -0.127. The van der Waals surface area contributed by atoms with Crippen LogP contribution in [0.5, 0.6) is 0 Å². The summed E-state index contributed by atoms with van der Waals surface area (Å²) >= 11 is 0. The Labute approximate surface area is 143 Å². The molecule has 5 nitrogen and oxygen atoms in total. The van der Waals surface area contributed by atoms with Crippen molar-refractivity contribution in [2.45, 2.75) is 38.5 Å². The molecule has 0 bridgehead atoms. The van der Waals surface area contributed by atoms with Gasteiger partial charge in [-0.05, 0) is 50.9 Å². The molecule has 2 aliphatic heterocycles. The van der Waals surface area contributed by atoms with Crippen LogP contribution in [0, 0.1) is 5.41 Å². The number of carbonyl (C=O) groups is 1. The molecule has 0 atom stereocenters. The molecule has 1 amide bonds. The monoisotopic (exact) mass is 327 g/mol. The number of nitrogens with zero attached hydrogens (tertiary/aromatic N) is 3.